The molecule has 0 bridgehead atoms. The molecule has 0 aromatic heterocycles. The fourth-order valence-corrected chi connectivity index (χ4v) is 7.08. The normalized spacial score (nSPS) is 10.8. The third-order valence-corrected chi connectivity index (χ3v) is 9.83. The molecule has 0 aliphatic heterocycles. The fraction of sp³-hybridized carbons (Fsp3) is 0.545. The van der Waals surface area contributed by atoms with Crippen LogP contribution in [0.3, 0.4) is 0 Å². The molecule has 3 aromatic rings. The largest absolute Gasteiger partial charge is 0.192 e. The number of nitriles is 4. The van der Waals surface area contributed by atoms with E-state index in [4.69, 9.17) is 0 Å². The second-order valence-corrected chi connectivity index (χ2v) is 13.6. The van der Waals surface area contributed by atoms with E-state index >= 15 is 0 Å². The molecule has 0 saturated carbocycles. The second kappa shape index (κ2) is 22.4. The zero-order valence-electron chi connectivity index (χ0n) is 29.8. The quantitative estimate of drug-likeness (QED) is 0.0806. The van der Waals surface area contributed by atoms with Crippen molar-refractivity contribution in [3.05, 3.63) is 58.0 Å². The van der Waals surface area contributed by atoms with Crippen molar-refractivity contribution >= 4 is 32.7 Å². The average Bonchev–Trinajstić information content (AvgIpc) is 3.11. The van der Waals surface area contributed by atoms with Crippen molar-refractivity contribution in [2.24, 2.45) is 0 Å². The second-order valence-electron chi connectivity index (χ2n) is 13.6. The summed E-state index contributed by atoms with van der Waals surface area (Å²) in [6.07, 6.45) is 27.4. The predicted molar refractivity (Wildman–Crippen MR) is 201 cm³/mol. The Morgan fingerprint density at radius 1 is 0.396 bits per heavy atom. The summed E-state index contributed by atoms with van der Waals surface area (Å²) in [7, 11) is 0. The Kier molecular flexibility index (Phi) is 17.9. The van der Waals surface area contributed by atoms with Gasteiger partial charge in [0.1, 0.15) is 35.4 Å². The van der Waals surface area contributed by atoms with E-state index in [2.05, 4.69) is 62.4 Å². The van der Waals surface area contributed by atoms with Gasteiger partial charge in [-0.25, -0.2) is 0 Å². The van der Waals surface area contributed by atoms with Crippen LogP contribution in [0.15, 0.2) is 36.4 Å². The van der Waals surface area contributed by atoms with Crippen molar-refractivity contribution in [3.63, 3.8) is 0 Å². The van der Waals surface area contributed by atoms with Gasteiger partial charge in [0.05, 0.1) is 0 Å². The standard InChI is InChI=1S/C44H56N4/c1-3-5-7-9-11-13-15-17-19-21-23-35-25-27-39-41(29-35)43(37(31-45)32-46)40-28-26-36(30-42(40)44(39)38(33-47)34-48)24-22-20-18-16-14-12-10-8-6-4-2/h25-30H,3-24H2,1-2H3. The molecule has 0 atom stereocenters. The highest BCUT2D eigenvalue weighted by atomic mass is 14.3. The zero-order valence-corrected chi connectivity index (χ0v) is 29.8. The molecular formula is C44H56N4. The first-order valence-electron chi connectivity index (χ1n) is 19.0. The van der Waals surface area contributed by atoms with E-state index in [0.29, 0.717) is 10.4 Å². The van der Waals surface area contributed by atoms with Crippen LogP contribution in [0.2, 0.25) is 0 Å². The maximum absolute atomic E-state index is 10.0. The molecule has 252 valence electrons. The van der Waals surface area contributed by atoms with E-state index in [1.54, 1.807) is 0 Å². The lowest BCUT2D eigenvalue weighted by molar-refractivity contribution is 0.556. The monoisotopic (exact) mass is 640 g/mol. The molecule has 4 heteroatoms. The summed E-state index contributed by atoms with van der Waals surface area (Å²) in [6.45, 7) is 4.51. The molecule has 0 aliphatic carbocycles. The molecular weight excluding hydrogens is 585 g/mol. The van der Waals surface area contributed by atoms with E-state index < -0.39 is 0 Å². The number of fused-ring (bicyclic) bond motifs is 2. The number of unbranched alkanes of at least 4 members (excludes halogenated alkanes) is 18. The summed E-state index contributed by atoms with van der Waals surface area (Å²) in [6, 6.07) is 20.9. The van der Waals surface area contributed by atoms with Gasteiger partial charge in [0.25, 0.3) is 0 Å². The van der Waals surface area contributed by atoms with Crippen molar-refractivity contribution < 1.29 is 0 Å². The topological polar surface area (TPSA) is 95.2 Å². The van der Waals surface area contributed by atoms with Gasteiger partial charge in [0.15, 0.2) is 0 Å². The molecule has 0 saturated heterocycles. The van der Waals surface area contributed by atoms with Gasteiger partial charge in [0.2, 0.25) is 0 Å². The van der Waals surface area contributed by atoms with E-state index in [1.807, 2.05) is 12.1 Å². The fourth-order valence-electron chi connectivity index (χ4n) is 7.08. The SMILES string of the molecule is CCCCCCCCCCCCc1ccc2c(=C(C#N)C#N)c3cc(CCCCCCCCCCCC)ccc3c(=C(C#N)C#N)c2c1. The molecule has 0 fully saturated rings. The lowest BCUT2D eigenvalue weighted by Gasteiger charge is -2.12. The molecule has 3 aromatic carbocycles. The number of hydrogen-bond acceptors (Lipinski definition) is 4. The van der Waals surface area contributed by atoms with Crippen molar-refractivity contribution in [3.8, 4) is 24.3 Å². The summed E-state index contributed by atoms with van der Waals surface area (Å²) in [4.78, 5) is 0. The van der Waals surface area contributed by atoms with Crippen molar-refractivity contribution in [2.45, 2.75) is 155 Å². The van der Waals surface area contributed by atoms with Crippen LogP contribution < -0.4 is 10.4 Å². The number of nitrogens with zero attached hydrogens (tertiary/aromatic N) is 4. The summed E-state index contributed by atoms with van der Waals surface area (Å²) >= 11 is 0. The summed E-state index contributed by atoms with van der Waals surface area (Å²) < 4.78 is 0. The molecule has 0 heterocycles. The first-order valence-corrected chi connectivity index (χ1v) is 19.0. The molecule has 0 spiro atoms. The third kappa shape index (κ3) is 11.5. The molecule has 0 unspecified atom stereocenters. The van der Waals surface area contributed by atoms with Crippen LogP contribution in [0.4, 0.5) is 0 Å². The van der Waals surface area contributed by atoms with E-state index in [-0.39, 0.29) is 11.1 Å². The maximum atomic E-state index is 10.0. The van der Waals surface area contributed by atoms with Gasteiger partial charge in [-0.05, 0) is 58.4 Å². The molecule has 0 amide bonds. The van der Waals surface area contributed by atoms with Crippen molar-refractivity contribution in [1.29, 1.82) is 21.0 Å². The first kappa shape index (κ1) is 38.3. The third-order valence-electron chi connectivity index (χ3n) is 9.83. The van der Waals surface area contributed by atoms with Crippen LogP contribution >= 0.6 is 0 Å². The molecule has 48 heavy (non-hydrogen) atoms. The minimum absolute atomic E-state index is 0.0607. The van der Waals surface area contributed by atoms with Crippen LogP contribution in [0, 0.1) is 45.3 Å². The number of aryl methyl sites for hydroxylation is 2. The molecule has 3 rings (SSSR count). The van der Waals surface area contributed by atoms with Crippen LogP contribution in [0.1, 0.15) is 153 Å². The smallest absolute Gasteiger partial charge is 0.138 e. The molecule has 0 N–H and O–H groups in total. The maximum Gasteiger partial charge on any atom is 0.138 e. The molecule has 0 aliphatic rings. The predicted octanol–water partition coefficient (Wildman–Crippen LogP) is 11.3. The van der Waals surface area contributed by atoms with Gasteiger partial charge in [0, 0.05) is 10.4 Å². The summed E-state index contributed by atoms with van der Waals surface area (Å²) in [5.74, 6) is 0. The minimum atomic E-state index is 0.0607. The van der Waals surface area contributed by atoms with E-state index in [1.165, 1.54) is 116 Å². The molecule has 0 radical (unpaired) electrons. The van der Waals surface area contributed by atoms with Gasteiger partial charge < -0.3 is 0 Å². The van der Waals surface area contributed by atoms with Crippen LogP contribution in [-0.4, -0.2) is 0 Å². The van der Waals surface area contributed by atoms with Gasteiger partial charge in [-0.3, -0.25) is 0 Å². The number of rotatable bonds is 22. The Labute approximate surface area is 290 Å². The van der Waals surface area contributed by atoms with Gasteiger partial charge in [-0.15, -0.1) is 0 Å². The molecule has 4 nitrogen and oxygen atoms in total. The first-order chi connectivity index (χ1) is 23.6. The zero-order chi connectivity index (χ0) is 34.4. The highest BCUT2D eigenvalue weighted by molar-refractivity contribution is 6.06. The Balaban J connectivity index is 1.85. The van der Waals surface area contributed by atoms with Crippen LogP contribution in [-0.2, 0) is 12.8 Å². The van der Waals surface area contributed by atoms with Gasteiger partial charge in [-0.2, -0.15) is 21.0 Å². The highest BCUT2D eigenvalue weighted by Gasteiger charge is 2.14. The number of hydrogen-bond donors (Lipinski definition) is 0. The van der Waals surface area contributed by atoms with Crippen LogP contribution in [0.5, 0.6) is 0 Å². The van der Waals surface area contributed by atoms with Crippen molar-refractivity contribution in [2.75, 3.05) is 0 Å². The van der Waals surface area contributed by atoms with Gasteiger partial charge >= 0.3 is 0 Å². The number of benzene rings is 3. The lowest BCUT2D eigenvalue weighted by Crippen LogP contribution is -2.19. The van der Waals surface area contributed by atoms with Gasteiger partial charge in [-0.1, -0.05) is 166 Å². The Morgan fingerprint density at radius 2 is 0.688 bits per heavy atom. The Hall–Kier alpha value is -4.12. The van der Waals surface area contributed by atoms with Crippen molar-refractivity contribution in [1.82, 2.24) is 0 Å². The van der Waals surface area contributed by atoms with E-state index in [9.17, 15) is 21.0 Å². The Morgan fingerprint density at radius 3 is 0.979 bits per heavy atom. The highest BCUT2D eigenvalue weighted by Crippen LogP contribution is 2.22. The summed E-state index contributed by atoms with van der Waals surface area (Å²) in [5, 5.41) is 44.4. The lowest BCUT2D eigenvalue weighted by atomic mass is 9.90. The minimum Gasteiger partial charge on any atom is -0.192 e. The summed E-state index contributed by atoms with van der Waals surface area (Å²) in [5.41, 5.74) is 2.42. The Bertz CT molecular complexity index is 1590. The van der Waals surface area contributed by atoms with Crippen LogP contribution in [0.25, 0.3) is 32.7 Å². The van der Waals surface area contributed by atoms with E-state index in [0.717, 1.165) is 58.4 Å². The average molecular weight is 641 g/mol.